The third-order valence-corrected chi connectivity index (χ3v) is 5.94. The van der Waals surface area contributed by atoms with Gasteiger partial charge in [0.15, 0.2) is 5.96 Å². The van der Waals surface area contributed by atoms with Crippen LogP contribution in [0.4, 0.5) is 0 Å². The van der Waals surface area contributed by atoms with Gasteiger partial charge in [0.2, 0.25) is 29.5 Å². The molecule has 14 nitrogen and oxygen atoms in total. The monoisotopic (exact) mass is 545 g/mol. The molecule has 0 saturated carbocycles. The first-order valence-corrected chi connectivity index (χ1v) is 12.5. The van der Waals surface area contributed by atoms with E-state index in [1.807, 2.05) is 0 Å². The van der Waals surface area contributed by atoms with Gasteiger partial charge in [-0.1, -0.05) is 30.3 Å². The molecule has 8 N–H and O–H groups in total. The summed E-state index contributed by atoms with van der Waals surface area (Å²) in [5.41, 5.74) is 11.3. The van der Waals surface area contributed by atoms with Gasteiger partial charge in [-0.3, -0.25) is 39.1 Å². The third-order valence-electron chi connectivity index (χ3n) is 5.94. The largest absolute Gasteiger partial charge is 0.481 e. The van der Waals surface area contributed by atoms with E-state index in [0.717, 1.165) is 0 Å². The number of amides is 5. The quantitative estimate of drug-likeness (QED) is 0.0949. The predicted octanol–water partition coefficient (Wildman–Crippen LogP) is -1.62. The second-order valence-corrected chi connectivity index (χ2v) is 9.13. The molecule has 39 heavy (non-hydrogen) atoms. The summed E-state index contributed by atoms with van der Waals surface area (Å²) in [5.74, 6) is -4.77. The minimum absolute atomic E-state index is 0.101. The molecule has 14 heteroatoms. The number of aliphatic imine (C=N–C) groups is 1. The van der Waals surface area contributed by atoms with Crippen LogP contribution in [0.1, 0.15) is 44.6 Å². The average molecular weight is 546 g/mol. The molecule has 0 spiro atoms. The van der Waals surface area contributed by atoms with Crippen LogP contribution in [0.2, 0.25) is 0 Å². The van der Waals surface area contributed by atoms with Crippen molar-refractivity contribution in [3.8, 4) is 0 Å². The van der Waals surface area contributed by atoms with Crippen molar-refractivity contribution in [3.05, 3.63) is 35.9 Å². The van der Waals surface area contributed by atoms with Gasteiger partial charge >= 0.3 is 5.97 Å². The van der Waals surface area contributed by atoms with Gasteiger partial charge in [-0.05, 0) is 31.2 Å². The number of hydrogen-bond donors (Lipinski definition) is 6. The molecule has 1 aliphatic heterocycles. The molecular weight excluding hydrogens is 510 g/mol. The minimum Gasteiger partial charge on any atom is -0.481 e. The molecular formula is C25H35N7O7. The highest BCUT2D eigenvalue weighted by Gasteiger charge is 2.39. The Kier molecular flexibility index (Phi) is 11.9. The predicted molar refractivity (Wildman–Crippen MR) is 140 cm³/mol. The van der Waals surface area contributed by atoms with Crippen LogP contribution >= 0.6 is 0 Å². The Morgan fingerprint density at radius 1 is 1.08 bits per heavy atom. The Hall–Kier alpha value is -4.49. The van der Waals surface area contributed by atoms with Crippen molar-refractivity contribution in [3.63, 3.8) is 0 Å². The van der Waals surface area contributed by atoms with Crippen molar-refractivity contribution >= 4 is 41.5 Å². The Bertz CT molecular complexity index is 1090. The zero-order valence-electron chi connectivity index (χ0n) is 21.7. The molecule has 5 amide bonds. The molecule has 0 aromatic heterocycles. The molecule has 1 heterocycles. The van der Waals surface area contributed by atoms with E-state index in [4.69, 9.17) is 11.5 Å². The fraction of sp³-hybridized carbons (Fsp3) is 0.480. The number of nitrogens with zero attached hydrogens (tertiary/aromatic N) is 2. The molecule has 1 aromatic rings. The van der Waals surface area contributed by atoms with Crippen molar-refractivity contribution in [2.24, 2.45) is 16.5 Å². The van der Waals surface area contributed by atoms with Gasteiger partial charge in [-0.25, -0.2) is 0 Å². The summed E-state index contributed by atoms with van der Waals surface area (Å²) < 4.78 is 0. The number of guanidine groups is 1. The maximum absolute atomic E-state index is 13.3. The van der Waals surface area contributed by atoms with Crippen molar-refractivity contribution in [2.75, 3.05) is 13.1 Å². The second-order valence-electron chi connectivity index (χ2n) is 9.13. The van der Waals surface area contributed by atoms with E-state index in [2.05, 4.69) is 20.9 Å². The zero-order chi connectivity index (χ0) is 28.9. The first kappa shape index (κ1) is 30.7. The first-order valence-electron chi connectivity index (χ1n) is 12.5. The lowest BCUT2D eigenvalue weighted by molar-refractivity contribution is -0.144. The van der Waals surface area contributed by atoms with Crippen LogP contribution in [0.25, 0.3) is 0 Å². The van der Waals surface area contributed by atoms with E-state index in [0.29, 0.717) is 18.4 Å². The van der Waals surface area contributed by atoms with Crippen molar-refractivity contribution < 1.29 is 33.9 Å². The molecule has 1 saturated heterocycles. The average Bonchev–Trinajstić information content (AvgIpc) is 3.35. The van der Waals surface area contributed by atoms with E-state index in [9.17, 15) is 33.9 Å². The van der Waals surface area contributed by atoms with Crippen LogP contribution in [0.5, 0.6) is 0 Å². The Morgan fingerprint density at radius 2 is 1.77 bits per heavy atom. The van der Waals surface area contributed by atoms with Gasteiger partial charge in [-0.15, -0.1) is 0 Å². The van der Waals surface area contributed by atoms with Gasteiger partial charge in [0.05, 0.1) is 12.8 Å². The highest BCUT2D eigenvalue weighted by atomic mass is 16.4. The molecule has 0 aliphatic carbocycles. The van der Waals surface area contributed by atoms with Crippen LogP contribution in [0.3, 0.4) is 0 Å². The standard InChI is InChI=1S/C25H35N7O7/c1-15(33)29-17(9-5-11-28-25(26)27)24(39)32-12-6-10-19(32)23(38)30-18(14-21(35)36)22(37)31-20(34)13-16-7-3-2-4-8-16/h2-4,7-8,17-19H,5-6,9-14H2,1H3,(H,29,33)(H,30,38)(H,35,36)(H4,26,27,28)(H,31,34,37)/t17-,18-,19-/m0/s1. The molecule has 212 valence electrons. The van der Waals surface area contributed by atoms with Crippen LogP contribution in [-0.2, 0) is 35.2 Å². The molecule has 2 rings (SSSR count). The van der Waals surface area contributed by atoms with Gasteiger partial charge in [0, 0.05) is 20.0 Å². The summed E-state index contributed by atoms with van der Waals surface area (Å²) in [6, 6.07) is 5.16. The number of benzene rings is 1. The maximum atomic E-state index is 13.3. The van der Waals surface area contributed by atoms with Gasteiger partial charge in [0.1, 0.15) is 18.1 Å². The van der Waals surface area contributed by atoms with Gasteiger partial charge in [0.25, 0.3) is 0 Å². The number of carboxylic acids is 1. The van der Waals surface area contributed by atoms with Crippen LogP contribution < -0.4 is 27.4 Å². The van der Waals surface area contributed by atoms with Crippen LogP contribution in [0.15, 0.2) is 35.3 Å². The highest BCUT2D eigenvalue weighted by molar-refractivity contribution is 6.02. The van der Waals surface area contributed by atoms with E-state index >= 15 is 0 Å². The molecule has 1 aromatic carbocycles. The third kappa shape index (κ3) is 10.4. The fourth-order valence-corrected chi connectivity index (χ4v) is 4.21. The number of carboxylic acid groups (broad SMARTS) is 1. The summed E-state index contributed by atoms with van der Waals surface area (Å²) >= 11 is 0. The Labute approximate surface area is 225 Å². The Balaban J connectivity index is 2.07. The van der Waals surface area contributed by atoms with E-state index < -0.39 is 60.1 Å². The number of imide groups is 1. The lowest BCUT2D eigenvalue weighted by Crippen LogP contribution is -2.56. The number of rotatable bonds is 13. The molecule has 1 fully saturated rings. The second kappa shape index (κ2) is 15.1. The summed E-state index contributed by atoms with van der Waals surface area (Å²) in [5, 5.41) is 16.4. The number of nitrogens with two attached hydrogens (primary N) is 2. The molecule has 3 atom stereocenters. The lowest BCUT2D eigenvalue weighted by atomic mass is 10.1. The molecule has 0 bridgehead atoms. The fourth-order valence-electron chi connectivity index (χ4n) is 4.21. The smallest absolute Gasteiger partial charge is 0.305 e. The summed E-state index contributed by atoms with van der Waals surface area (Å²) in [6.07, 6.45) is 0.475. The maximum Gasteiger partial charge on any atom is 0.305 e. The number of carbonyl (C=O) groups excluding carboxylic acids is 5. The number of aliphatic carboxylic acids is 1. The molecule has 0 unspecified atom stereocenters. The van der Waals surface area contributed by atoms with Crippen molar-refractivity contribution in [1.82, 2.24) is 20.9 Å². The summed E-state index contributed by atoms with van der Waals surface area (Å²) in [4.78, 5) is 79.6. The van der Waals surface area contributed by atoms with Crippen molar-refractivity contribution in [2.45, 2.75) is 63.6 Å². The highest BCUT2D eigenvalue weighted by Crippen LogP contribution is 2.20. The number of nitrogens with one attached hydrogen (secondary N) is 3. The topological polar surface area (TPSA) is 226 Å². The van der Waals surface area contributed by atoms with Crippen LogP contribution in [-0.4, -0.2) is 82.7 Å². The number of carbonyl (C=O) groups is 6. The SMILES string of the molecule is CC(=O)N[C@@H](CCCN=C(N)N)C(=O)N1CCC[C@H]1C(=O)N[C@@H](CC(=O)O)C(=O)NC(=O)Cc1ccccc1. The van der Waals surface area contributed by atoms with Crippen LogP contribution in [0, 0.1) is 0 Å². The first-order chi connectivity index (χ1) is 18.5. The molecule has 1 aliphatic rings. The van der Waals surface area contributed by atoms with E-state index in [1.165, 1.54) is 11.8 Å². The lowest BCUT2D eigenvalue weighted by Gasteiger charge is -2.29. The van der Waals surface area contributed by atoms with E-state index in [1.54, 1.807) is 30.3 Å². The molecule has 0 radical (unpaired) electrons. The zero-order valence-corrected chi connectivity index (χ0v) is 21.7. The summed E-state index contributed by atoms with van der Waals surface area (Å²) in [6.45, 7) is 1.73. The van der Waals surface area contributed by atoms with Gasteiger partial charge in [-0.2, -0.15) is 0 Å². The Morgan fingerprint density at radius 3 is 2.38 bits per heavy atom. The number of likely N-dealkylation sites (tertiary alicyclic amines) is 1. The van der Waals surface area contributed by atoms with Gasteiger partial charge < -0.3 is 32.1 Å². The minimum atomic E-state index is -1.54. The summed E-state index contributed by atoms with van der Waals surface area (Å²) in [7, 11) is 0. The number of hydrogen-bond acceptors (Lipinski definition) is 7. The van der Waals surface area contributed by atoms with Crippen molar-refractivity contribution in [1.29, 1.82) is 0 Å². The normalized spacial score (nSPS) is 15.9. The van der Waals surface area contributed by atoms with E-state index in [-0.39, 0.29) is 38.3 Å².